The molecule has 0 spiro atoms. The number of hydrogen-bond acceptors (Lipinski definition) is 4. The van der Waals surface area contributed by atoms with Gasteiger partial charge in [0.2, 0.25) is 0 Å². The van der Waals surface area contributed by atoms with Gasteiger partial charge in [-0.1, -0.05) is 18.2 Å². The minimum absolute atomic E-state index is 0.104. The van der Waals surface area contributed by atoms with E-state index in [2.05, 4.69) is 0 Å². The largest absolute Gasteiger partial charge is 0.460 e. The van der Waals surface area contributed by atoms with Crippen molar-refractivity contribution in [3.05, 3.63) is 29.8 Å². The Morgan fingerprint density at radius 3 is 2.69 bits per heavy atom. The van der Waals surface area contributed by atoms with Gasteiger partial charge in [-0.25, -0.2) is 0 Å². The number of hydrogen-bond donors (Lipinski definition) is 2. The summed E-state index contributed by atoms with van der Waals surface area (Å²) in [6.07, 6.45) is 0. The molecule has 70 valence electrons. The van der Waals surface area contributed by atoms with Crippen molar-refractivity contribution in [2.75, 3.05) is 12.3 Å². The van der Waals surface area contributed by atoms with Crippen molar-refractivity contribution in [1.29, 1.82) is 0 Å². The highest BCUT2D eigenvalue weighted by atomic mass is 16.5. The van der Waals surface area contributed by atoms with Crippen molar-refractivity contribution in [1.82, 2.24) is 0 Å². The molecule has 4 heteroatoms. The van der Waals surface area contributed by atoms with Gasteiger partial charge in [-0.05, 0) is 6.07 Å². The van der Waals surface area contributed by atoms with Crippen LogP contribution in [-0.2, 0) is 16.1 Å². The standard InChI is InChI=1S/C9H12N2O2/c10-5-9(12)13-6-7-3-1-2-4-8(7)11/h1-4H,5-6,10-11H2. The van der Waals surface area contributed by atoms with Crippen LogP contribution in [0, 0.1) is 0 Å². The van der Waals surface area contributed by atoms with Crippen LogP contribution in [0.5, 0.6) is 0 Å². The Bertz CT molecular complexity index is 299. The number of carbonyl (C=O) groups is 1. The quantitative estimate of drug-likeness (QED) is 0.517. The molecular weight excluding hydrogens is 168 g/mol. The molecule has 1 rings (SSSR count). The first-order valence-electron chi connectivity index (χ1n) is 3.93. The van der Waals surface area contributed by atoms with E-state index in [1.807, 2.05) is 12.1 Å². The van der Waals surface area contributed by atoms with E-state index in [1.165, 1.54) is 0 Å². The zero-order chi connectivity index (χ0) is 9.68. The first kappa shape index (κ1) is 9.54. The number of nitrogen functional groups attached to an aromatic ring is 1. The summed E-state index contributed by atoms with van der Waals surface area (Å²) >= 11 is 0. The summed E-state index contributed by atoms with van der Waals surface area (Å²) in [7, 11) is 0. The molecule has 0 amide bonds. The Morgan fingerprint density at radius 2 is 2.08 bits per heavy atom. The molecule has 0 fully saturated rings. The molecule has 1 aromatic rings. The predicted octanol–water partition coefficient (Wildman–Crippen LogP) is 0.271. The van der Waals surface area contributed by atoms with Gasteiger partial charge in [0.1, 0.15) is 6.61 Å². The van der Waals surface area contributed by atoms with Crippen molar-refractivity contribution in [3.8, 4) is 0 Å². The minimum Gasteiger partial charge on any atom is -0.460 e. The summed E-state index contributed by atoms with van der Waals surface area (Å²) < 4.78 is 4.81. The molecule has 0 aliphatic carbocycles. The summed E-state index contributed by atoms with van der Waals surface area (Å²) in [6.45, 7) is 0.0788. The van der Waals surface area contributed by atoms with Crippen LogP contribution in [0.15, 0.2) is 24.3 Å². The number of carbonyl (C=O) groups excluding carboxylic acids is 1. The zero-order valence-electron chi connectivity index (χ0n) is 7.19. The fraction of sp³-hybridized carbons (Fsp3) is 0.222. The highest BCUT2D eigenvalue weighted by molar-refractivity contribution is 5.71. The lowest BCUT2D eigenvalue weighted by molar-refractivity contribution is -0.143. The maximum absolute atomic E-state index is 10.7. The van der Waals surface area contributed by atoms with Gasteiger partial charge in [-0.15, -0.1) is 0 Å². The smallest absolute Gasteiger partial charge is 0.320 e. The summed E-state index contributed by atoms with van der Waals surface area (Å²) in [5.41, 5.74) is 12.1. The van der Waals surface area contributed by atoms with E-state index in [4.69, 9.17) is 16.2 Å². The molecule has 0 atom stereocenters. The molecule has 4 N–H and O–H groups in total. The third-order valence-electron chi connectivity index (χ3n) is 1.61. The molecule has 0 heterocycles. The van der Waals surface area contributed by atoms with Crippen LogP contribution in [0.2, 0.25) is 0 Å². The van der Waals surface area contributed by atoms with Crippen LogP contribution in [0.3, 0.4) is 0 Å². The number of benzene rings is 1. The first-order valence-corrected chi connectivity index (χ1v) is 3.93. The summed E-state index contributed by atoms with van der Waals surface area (Å²) in [4.78, 5) is 10.7. The van der Waals surface area contributed by atoms with E-state index < -0.39 is 5.97 Å². The second-order valence-corrected chi connectivity index (χ2v) is 2.56. The van der Waals surface area contributed by atoms with Gasteiger partial charge in [-0.3, -0.25) is 4.79 Å². The second kappa shape index (κ2) is 4.47. The van der Waals surface area contributed by atoms with Crippen LogP contribution >= 0.6 is 0 Å². The van der Waals surface area contributed by atoms with Crippen molar-refractivity contribution in [2.45, 2.75) is 6.61 Å². The number of rotatable bonds is 3. The first-order chi connectivity index (χ1) is 6.24. The van der Waals surface area contributed by atoms with Crippen molar-refractivity contribution in [2.24, 2.45) is 5.73 Å². The third kappa shape index (κ3) is 2.76. The van der Waals surface area contributed by atoms with Crippen LogP contribution in [-0.4, -0.2) is 12.5 Å². The summed E-state index contributed by atoms with van der Waals surface area (Å²) in [5.74, 6) is -0.428. The Morgan fingerprint density at radius 1 is 1.38 bits per heavy atom. The van der Waals surface area contributed by atoms with Crippen LogP contribution < -0.4 is 11.5 Å². The number of para-hydroxylation sites is 1. The molecular formula is C9H12N2O2. The average Bonchev–Trinajstić information content (AvgIpc) is 2.16. The maximum Gasteiger partial charge on any atom is 0.320 e. The Kier molecular flexibility index (Phi) is 3.28. The second-order valence-electron chi connectivity index (χ2n) is 2.56. The van der Waals surface area contributed by atoms with Crippen LogP contribution in [0.1, 0.15) is 5.56 Å². The minimum atomic E-state index is -0.428. The van der Waals surface area contributed by atoms with Crippen molar-refractivity contribution in [3.63, 3.8) is 0 Å². The number of esters is 1. The van der Waals surface area contributed by atoms with Gasteiger partial charge in [0, 0.05) is 11.3 Å². The van der Waals surface area contributed by atoms with E-state index in [0.717, 1.165) is 5.56 Å². The zero-order valence-corrected chi connectivity index (χ0v) is 7.19. The monoisotopic (exact) mass is 180 g/mol. The summed E-state index contributed by atoms with van der Waals surface area (Å²) in [6, 6.07) is 7.22. The molecule has 0 saturated carbocycles. The number of nitrogens with two attached hydrogens (primary N) is 2. The van der Waals surface area contributed by atoms with Gasteiger partial charge in [-0.2, -0.15) is 0 Å². The number of ether oxygens (including phenoxy) is 1. The number of anilines is 1. The van der Waals surface area contributed by atoms with Gasteiger partial charge in [0.25, 0.3) is 0 Å². The lowest BCUT2D eigenvalue weighted by Crippen LogP contribution is -2.16. The highest BCUT2D eigenvalue weighted by Gasteiger charge is 2.01. The van der Waals surface area contributed by atoms with Gasteiger partial charge in [0.15, 0.2) is 0 Å². The van der Waals surface area contributed by atoms with Crippen LogP contribution in [0.25, 0.3) is 0 Å². The van der Waals surface area contributed by atoms with E-state index in [-0.39, 0.29) is 13.2 Å². The lowest BCUT2D eigenvalue weighted by Gasteiger charge is -2.05. The molecule has 0 bridgehead atoms. The van der Waals surface area contributed by atoms with E-state index in [1.54, 1.807) is 12.1 Å². The van der Waals surface area contributed by atoms with Gasteiger partial charge >= 0.3 is 5.97 Å². The molecule has 0 aliphatic rings. The molecule has 1 aromatic carbocycles. The molecule has 4 nitrogen and oxygen atoms in total. The average molecular weight is 180 g/mol. The van der Waals surface area contributed by atoms with E-state index in [9.17, 15) is 4.79 Å². The van der Waals surface area contributed by atoms with Crippen molar-refractivity contribution < 1.29 is 9.53 Å². The fourth-order valence-electron chi connectivity index (χ4n) is 0.883. The molecule has 0 radical (unpaired) electrons. The molecule has 0 unspecified atom stereocenters. The SMILES string of the molecule is NCC(=O)OCc1ccccc1N. The van der Waals surface area contributed by atoms with Gasteiger partial charge < -0.3 is 16.2 Å². The highest BCUT2D eigenvalue weighted by Crippen LogP contribution is 2.11. The van der Waals surface area contributed by atoms with E-state index in [0.29, 0.717) is 5.69 Å². The molecule has 13 heavy (non-hydrogen) atoms. The molecule has 0 saturated heterocycles. The van der Waals surface area contributed by atoms with Gasteiger partial charge in [0.05, 0.1) is 6.54 Å². The fourth-order valence-corrected chi connectivity index (χ4v) is 0.883. The predicted molar refractivity (Wildman–Crippen MR) is 49.7 cm³/mol. The van der Waals surface area contributed by atoms with Crippen molar-refractivity contribution >= 4 is 11.7 Å². The molecule has 0 aliphatic heterocycles. The third-order valence-corrected chi connectivity index (χ3v) is 1.61. The molecule has 0 aromatic heterocycles. The topological polar surface area (TPSA) is 78.3 Å². The van der Waals surface area contributed by atoms with Crippen LogP contribution in [0.4, 0.5) is 5.69 Å². The lowest BCUT2D eigenvalue weighted by atomic mass is 10.2. The maximum atomic E-state index is 10.7. The van der Waals surface area contributed by atoms with E-state index >= 15 is 0 Å². The normalized spacial score (nSPS) is 9.62. The Hall–Kier alpha value is -1.55. The Balaban J connectivity index is 2.54. The summed E-state index contributed by atoms with van der Waals surface area (Å²) in [5, 5.41) is 0. The Labute approximate surface area is 76.5 Å².